The summed E-state index contributed by atoms with van der Waals surface area (Å²) in [5.41, 5.74) is 1.37. The summed E-state index contributed by atoms with van der Waals surface area (Å²) in [6, 6.07) is 10.1. The molecule has 0 radical (unpaired) electrons. The number of methoxy groups -OCH3 is 3. The molecule has 28 heavy (non-hydrogen) atoms. The summed E-state index contributed by atoms with van der Waals surface area (Å²) in [5.74, 6) is 0.531. The van der Waals surface area contributed by atoms with Crippen LogP contribution in [-0.4, -0.2) is 46.4 Å². The van der Waals surface area contributed by atoms with Crippen LogP contribution in [0.25, 0.3) is 0 Å². The van der Waals surface area contributed by atoms with Crippen molar-refractivity contribution in [3.63, 3.8) is 0 Å². The topological polar surface area (TPSA) is 95.1 Å². The van der Waals surface area contributed by atoms with Crippen molar-refractivity contribution >= 4 is 23.3 Å². The lowest BCUT2D eigenvalue weighted by Crippen LogP contribution is -2.23. The van der Waals surface area contributed by atoms with E-state index in [0.717, 1.165) is 0 Å². The van der Waals surface area contributed by atoms with Crippen molar-refractivity contribution in [3.8, 4) is 17.2 Å². The maximum absolute atomic E-state index is 12.3. The van der Waals surface area contributed by atoms with Crippen LogP contribution in [0, 0.1) is 0 Å². The number of nitrogens with one attached hydrogen (secondary N) is 2. The van der Waals surface area contributed by atoms with Crippen molar-refractivity contribution in [2.45, 2.75) is 6.92 Å². The summed E-state index contributed by atoms with van der Waals surface area (Å²) in [6.07, 6.45) is 0. The van der Waals surface area contributed by atoms with Crippen LogP contribution < -0.4 is 24.8 Å². The van der Waals surface area contributed by atoms with E-state index in [0.29, 0.717) is 34.2 Å². The lowest BCUT2D eigenvalue weighted by molar-refractivity contribution is -0.114. The van der Waals surface area contributed by atoms with Gasteiger partial charge in [-0.3, -0.25) is 4.79 Å². The Labute approximate surface area is 163 Å². The van der Waals surface area contributed by atoms with Crippen molar-refractivity contribution < 1.29 is 28.5 Å². The fourth-order valence-corrected chi connectivity index (χ4v) is 2.56. The SMILES string of the molecule is CCOC(=O)c1ccccc1NCC(=O)Nc1cc(OC)c(OC)c(OC)c1. The average Bonchev–Trinajstić information content (AvgIpc) is 2.71. The zero-order valence-electron chi connectivity index (χ0n) is 16.3. The van der Waals surface area contributed by atoms with Crippen LogP contribution in [0.1, 0.15) is 17.3 Å². The molecule has 8 nitrogen and oxygen atoms in total. The highest BCUT2D eigenvalue weighted by molar-refractivity contribution is 5.98. The highest BCUT2D eigenvalue weighted by Crippen LogP contribution is 2.39. The molecule has 0 saturated heterocycles. The van der Waals surface area contributed by atoms with Gasteiger partial charge in [0.25, 0.3) is 0 Å². The molecule has 0 aliphatic carbocycles. The highest BCUT2D eigenvalue weighted by Gasteiger charge is 2.15. The number of para-hydroxylation sites is 1. The molecular formula is C20H24N2O6. The number of benzene rings is 2. The molecule has 0 bridgehead atoms. The molecule has 8 heteroatoms. The zero-order chi connectivity index (χ0) is 20.5. The first-order valence-electron chi connectivity index (χ1n) is 8.63. The fourth-order valence-electron chi connectivity index (χ4n) is 2.56. The number of carbonyl (C=O) groups excluding carboxylic acids is 2. The third kappa shape index (κ3) is 5.06. The van der Waals surface area contributed by atoms with Gasteiger partial charge in [-0.2, -0.15) is 0 Å². The molecule has 2 rings (SSSR count). The van der Waals surface area contributed by atoms with Crippen LogP contribution in [0.15, 0.2) is 36.4 Å². The van der Waals surface area contributed by atoms with E-state index in [1.165, 1.54) is 21.3 Å². The molecule has 0 aliphatic heterocycles. The predicted molar refractivity (Wildman–Crippen MR) is 106 cm³/mol. The minimum Gasteiger partial charge on any atom is -0.493 e. The Bertz CT molecular complexity index is 812. The molecule has 2 N–H and O–H groups in total. The lowest BCUT2D eigenvalue weighted by atomic mass is 10.2. The quantitative estimate of drug-likeness (QED) is 0.638. The third-order valence-corrected chi connectivity index (χ3v) is 3.81. The number of hydrogen-bond acceptors (Lipinski definition) is 7. The van der Waals surface area contributed by atoms with Gasteiger partial charge in [0.05, 0.1) is 40.0 Å². The van der Waals surface area contributed by atoms with Crippen LogP contribution in [0.5, 0.6) is 17.2 Å². The van der Waals surface area contributed by atoms with Crippen molar-refractivity contribution in [2.75, 3.05) is 45.1 Å². The van der Waals surface area contributed by atoms with Crippen LogP contribution in [0.2, 0.25) is 0 Å². The van der Waals surface area contributed by atoms with Gasteiger partial charge in [0.2, 0.25) is 11.7 Å². The molecule has 0 unspecified atom stereocenters. The minimum atomic E-state index is -0.448. The number of esters is 1. The number of ether oxygens (including phenoxy) is 4. The molecule has 2 aromatic carbocycles. The molecule has 0 atom stereocenters. The van der Waals surface area contributed by atoms with Crippen LogP contribution in [0.4, 0.5) is 11.4 Å². The Balaban J connectivity index is 2.09. The standard InChI is InChI=1S/C20H24N2O6/c1-5-28-20(24)14-8-6-7-9-15(14)21-12-18(23)22-13-10-16(25-2)19(27-4)17(11-13)26-3/h6-11,21H,5,12H2,1-4H3,(H,22,23). The van der Waals surface area contributed by atoms with Gasteiger partial charge < -0.3 is 29.6 Å². The predicted octanol–water partition coefficient (Wildman–Crippen LogP) is 2.94. The third-order valence-electron chi connectivity index (χ3n) is 3.81. The molecule has 0 heterocycles. The molecule has 0 saturated carbocycles. The molecule has 150 valence electrons. The van der Waals surface area contributed by atoms with Gasteiger partial charge in [-0.25, -0.2) is 4.79 Å². The van der Waals surface area contributed by atoms with Crippen molar-refractivity contribution in [1.29, 1.82) is 0 Å². The number of hydrogen-bond donors (Lipinski definition) is 2. The van der Waals surface area contributed by atoms with Gasteiger partial charge in [-0.05, 0) is 19.1 Å². The number of rotatable bonds is 9. The summed E-state index contributed by atoms with van der Waals surface area (Å²) < 4.78 is 20.8. The molecule has 0 aromatic heterocycles. The molecular weight excluding hydrogens is 364 g/mol. The first-order chi connectivity index (χ1) is 13.5. The first kappa shape index (κ1) is 20.9. The van der Waals surface area contributed by atoms with Gasteiger partial charge in [-0.15, -0.1) is 0 Å². The van der Waals surface area contributed by atoms with Crippen LogP contribution in [-0.2, 0) is 9.53 Å². The summed E-state index contributed by atoms with van der Waals surface area (Å²) in [5, 5.41) is 5.71. The number of amides is 1. The van der Waals surface area contributed by atoms with E-state index in [4.69, 9.17) is 18.9 Å². The molecule has 0 spiro atoms. The fraction of sp³-hybridized carbons (Fsp3) is 0.300. The van der Waals surface area contributed by atoms with E-state index in [2.05, 4.69) is 10.6 Å². The number of anilines is 2. The van der Waals surface area contributed by atoms with E-state index in [1.807, 2.05) is 0 Å². The second kappa shape index (κ2) is 10.1. The van der Waals surface area contributed by atoms with Crippen molar-refractivity contribution in [2.24, 2.45) is 0 Å². The second-order valence-electron chi connectivity index (χ2n) is 5.58. The van der Waals surface area contributed by atoms with Crippen molar-refractivity contribution in [3.05, 3.63) is 42.0 Å². The van der Waals surface area contributed by atoms with Gasteiger partial charge in [0, 0.05) is 23.5 Å². The van der Waals surface area contributed by atoms with Crippen LogP contribution in [0.3, 0.4) is 0 Å². The Morgan fingerprint density at radius 3 is 2.18 bits per heavy atom. The van der Waals surface area contributed by atoms with Gasteiger partial charge in [0.1, 0.15) is 0 Å². The zero-order valence-corrected chi connectivity index (χ0v) is 16.3. The summed E-state index contributed by atoms with van der Waals surface area (Å²) in [7, 11) is 4.50. The molecule has 0 aliphatic rings. The van der Waals surface area contributed by atoms with E-state index in [-0.39, 0.29) is 19.1 Å². The van der Waals surface area contributed by atoms with E-state index in [9.17, 15) is 9.59 Å². The Hall–Kier alpha value is -3.42. The Kier molecular flexibility index (Phi) is 7.50. The molecule has 2 aromatic rings. The Morgan fingerprint density at radius 2 is 1.61 bits per heavy atom. The van der Waals surface area contributed by atoms with E-state index in [1.54, 1.807) is 43.3 Å². The molecule has 0 fully saturated rings. The summed E-state index contributed by atoms with van der Waals surface area (Å²) in [4.78, 5) is 24.3. The minimum absolute atomic E-state index is 0.0485. The average molecular weight is 388 g/mol. The molecule has 1 amide bonds. The maximum Gasteiger partial charge on any atom is 0.340 e. The Morgan fingerprint density at radius 1 is 0.964 bits per heavy atom. The smallest absolute Gasteiger partial charge is 0.340 e. The van der Waals surface area contributed by atoms with E-state index < -0.39 is 5.97 Å². The van der Waals surface area contributed by atoms with Crippen molar-refractivity contribution in [1.82, 2.24) is 0 Å². The van der Waals surface area contributed by atoms with Gasteiger partial charge in [0.15, 0.2) is 11.5 Å². The highest BCUT2D eigenvalue weighted by atomic mass is 16.5. The summed E-state index contributed by atoms with van der Waals surface area (Å²) in [6.45, 7) is 1.96. The normalized spacial score (nSPS) is 10.0. The lowest BCUT2D eigenvalue weighted by Gasteiger charge is -2.15. The first-order valence-corrected chi connectivity index (χ1v) is 8.63. The van der Waals surface area contributed by atoms with Gasteiger partial charge >= 0.3 is 5.97 Å². The monoisotopic (exact) mass is 388 g/mol. The van der Waals surface area contributed by atoms with Crippen LogP contribution >= 0.6 is 0 Å². The second-order valence-corrected chi connectivity index (χ2v) is 5.58. The van der Waals surface area contributed by atoms with E-state index >= 15 is 0 Å². The van der Waals surface area contributed by atoms with Gasteiger partial charge in [-0.1, -0.05) is 12.1 Å². The maximum atomic E-state index is 12.3. The largest absolute Gasteiger partial charge is 0.493 e. The summed E-state index contributed by atoms with van der Waals surface area (Å²) >= 11 is 0. The number of carbonyl (C=O) groups is 2.